The molecular weight excluding hydrogens is 284 g/mol. The highest BCUT2D eigenvalue weighted by Gasteiger charge is 2.12. The first-order chi connectivity index (χ1) is 10.3. The van der Waals surface area contributed by atoms with Crippen LogP contribution >= 0.6 is 11.8 Å². The molecule has 0 atom stereocenters. The zero-order valence-corrected chi connectivity index (χ0v) is 12.2. The van der Waals surface area contributed by atoms with Crippen LogP contribution in [0.4, 0.5) is 5.69 Å². The predicted molar refractivity (Wildman–Crippen MR) is 81.7 cm³/mol. The first kappa shape index (κ1) is 13.7. The van der Waals surface area contributed by atoms with Gasteiger partial charge in [-0.1, -0.05) is 11.8 Å². The van der Waals surface area contributed by atoms with Crippen molar-refractivity contribution in [3.63, 3.8) is 0 Å². The minimum atomic E-state index is 0.321. The second-order valence-electron chi connectivity index (χ2n) is 4.60. The number of ether oxygens (including phenoxy) is 2. The van der Waals surface area contributed by atoms with Gasteiger partial charge in [0.2, 0.25) is 0 Å². The summed E-state index contributed by atoms with van der Waals surface area (Å²) in [4.78, 5) is 2.11. The van der Waals surface area contributed by atoms with Crippen LogP contribution < -0.4 is 15.2 Å². The van der Waals surface area contributed by atoms with E-state index >= 15 is 0 Å². The van der Waals surface area contributed by atoms with Crippen LogP contribution in [-0.4, -0.2) is 13.2 Å². The van der Waals surface area contributed by atoms with E-state index in [0.717, 1.165) is 26.9 Å². The van der Waals surface area contributed by atoms with Gasteiger partial charge in [0.15, 0.2) is 11.5 Å². The highest BCUT2D eigenvalue weighted by molar-refractivity contribution is 7.99. The van der Waals surface area contributed by atoms with E-state index in [9.17, 15) is 0 Å². The molecule has 0 aromatic heterocycles. The van der Waals surface area contributed by atoms with E-state index in [1.165, 1.54) is 0 Å². The number of nitriles is 1. The number of fused-ring (bicyclic) bond motifs is 1. The van der Waals surface area contributed by atoms with Crippen molar-refractivity contribution in [2.45, 2.75) is 16.2 Å². The number of nitrogens with zero attached hydrogens (tertiary/aromatic N) is 1. The fourth-order valence-corrected chi connectivity index (χ4v) is 3.02. The third-order valence-corrected chi connectivity index (χ3v) is 4.11. The molecule has 0 bridgehead atoms. The van der Waals surface area contributed by atoms with E-state index in [1.807, 2.05) is 36.4 Å². The summed E-state index contributed by atoms with van der Waals surface area (Å²) in [6.45, 7) is 1.17. The standard InChI is InChI=1S/C16H14N2O2S/c17-6-5-11-9-12(1-3-14(11)18)21-13-2-4-15-16(10-13)20-8-7-19-15/h1-4,9-10H,5,7-8,18H2. The Balaban J connectivity index is 1.83. The molecule has 2 N–H and O–H groups in total. The van der Waals surface area contributed by atoms with Gasteiger partial charge in [-0.2, -0.15) is 5.26 Å². The predicted octanol–water partition coefficient (Wildman–Crippen LogP) is 3.26. The Morgan fingerprint density at radius 1 is 1.05 bits per heavy atom. The van der Waals surface area contributed by atoms with Crippen molar-refractivity contribution >= 4 is 17.4 Å². The van der Waals surface area contributed by atoms with Crippen molar-refractivity contribution in [2.75, 3.05) is 18.9 Å². The van der Waals surface area contributed by atoms with Crippen LogP contribution in [0.2, 0.25) is 0 Å². The molecular formula is C16H14N2O2S. The minimum absolute atomic E-state index is 0.321. The molecule has 5 heteroatoms. The molecule has 0 radical (unpaired) electrons. The molecule has 0 spiro atoms. The van der Waals surface area contributed by atoms with Gasteiger partial charge in [-0.05, 0) is 42.0 Å². The van der Waals surface area contributed by atoms with Crippen LogP contribution in [0.15, 0.2) is 46.2 Å². The maximum atomic E-state index is 8.81. The van der Waals surface area contributed by atoms with Crippen molar-refractivity contribution in [1.29, 1.82) is 5.26 Å². The van der Waals surface area contributed by atoms with Crippen molar-refractivity contribution in [3.8, 4) is 17.6 Å². The number of hydrogen-bond donors (Lipinski definition) is 1. The molecule has 4 nitrogen and oxygen atoms in total. The summed E-state index contributed by atoms with van der Waals surface area (Å²) >= 11 is 1.61. The number of anilines is 1. The van der Waals surface area contributed by atoms with Gasteiger partial charge in [0.1, 0.15) is 13.2 Å². The molecule has 0 saturated heterocycles. The maximum absolute atomic E-state index is 8.81. The van der Waals surface area contributed by atoms with Crippen molar-refractivity contribution < 1.29 is 9.47 Å². The highest BCUT2D eigenvalue weighted by atomic mass is 32.2. The molecule has 0 amide bonds. The molecule has 1 aliphatic rings. The topological polar surface area (TPSA) is 68.3 Å². The van der Waals surface area contributed by atoms with Crippen LogP contribution in [0.25, 0.3) is 0 Å². The quantitative estimate of drug-likeness (QED) is 0.881. The molecule has 2 aromatic rings. The number of nitrogen functional groups attached to an aromatic ring is 1. The van der Waals surface area contributed by atoms with Gasteiger partial charge in [-0.15, -0.1) is 0 Å². The fourth-order valence-electron chi connectivity index (χ4n) is 2.11. The van der Waals surface area contributed by atoms with Gasteiger partial charge in [-0.25, -0.2) is 0 Å². The van der Waals surface area contributed by atoms with Gasteiger partial charge in [-0.3, -0.25) is 0 Å². The van der Waals surface area contributed by atoms with E-state index in [0.29, 0.717) is 25.3 Å². The van der Waals surface area contributed by atoms with Crippen molar-refractivity contribution in [2.24, 2.45) is 0 Å². The molecule has 106 valence electrons. The summed E-state index contributed by atoms with van der Waals surface area (Å²) < 4.78 is 11.1. The number of rotatable bonds is 3. The second kappa shape index (κ2) is 5.98. The van der Waals surface area contributed by atoms with E-state index in [2.05, 4.69) is 6.07 Å². The van der Waals surface area contributed by atoms with Gasteiger partial charge in [0.05, 0.1) is 12.5 Å². The Morgan fingerprint density at radius 3 is 2.57 bits per heavy atom. The minimum Gasteiger partial charge on any atom is -0.486 e. The molecule has 3 rings (SSSR count). The average Bonchev–Trinajstić information content (AvgIpc) is 2.51. The largest absolute Gasteiger partial charge is 0.486 e. The molecule has 0 aliphatic carbocycles. The van der Waals surface area contributed by atoms with Gasteiger partial charge < -0.3 is 15.2 Å². The fraction of sp³-hybridized carbons (Fsp3) is 0.188. The summed E-state index contributed by atoms with van der Waals surface area (Å²) in [6, 6.07) is 13.8. The van der Waals surface area contributed by atoms with Crippen LogP contribution in [0, 0.1) is 11.3 Å². The Labute approximate surface area is 127 Å². The van der Waals surface area contributed by atoms with E-state index in [-0.39, 0.29) is 0 Å². The van der Waals surface area contributed by atoms with Crippen LogP contribution in [0.1, 0.15) is 5.56 Å². The Morgan fingerprint density at radius 2 is 1.76 bits per heavy atom. The Kier molecular flexibility index (Phi) is 3.89. The lowest BCUT2D eigenvalue weighted by atomic mass is 10.1. The molecule has 1 aliphatic heterocycles. The van der Waals surface area contributed by atoms with Crippen molar-refractivity contribution in [3.05, 3.63) is 42.0 Å². The summed E-state index contributed by atoms with van der Waals surface area (Å²) in [5.41, 5.74) is 7.38. The molecule has 0 fully saturated rings. The lowest BCUT2D eigenvalue weighted by Gasteiger charge is -2.18. The maximum Gasteiger partial charge on any atom is 0.162 e. The summed E-state index contributed by atoms with van der Waals surface area (Å²) in [7, 11) is 0. The monoisotopic (exact) mass is 298 g/mol. The molecule has 1 heterocycles. The highest BCUT2D eigenvalue weighted by Crippen LogP contribution is 2.37. The van der Waals surface area contributed by atoms with Crippen LogP contribution in [0.5, 0.6) is 11.5 Å². The van der Waals surface area contributed by atoms with Gasteiger partial charge >= 0.3 is 0 Å². The SMILES string of the molecule is N#CCc1cc(Sc2ccc3c(c2)OCCO3)ccc1N. The number of hydrogen-bond acceptors (Lipinski definition) is 5. The number of benzene rings is 2. The lowest BCUT2D eigenvalue weighted by Crippen LogP contribution is -2.15. The Hall–Kier alpha value is -2.32. The molecule has 0 saturated carbocycles. The van der Waals surface area contributed by atoms with Gasteiger partial charge in [0, 0.05) is 15.5 Å². The molecule has 2 aromatic carbocycles. The molecule has 21 heavy (non-hydrogen) atoms. The van der Waals surface area contributed by atoms with Crippen LogP contribution in [-0.2, 0) is 6.42 Å². The zero-order chi connectivity index (χ0) is 14.7. The second-order valence-corrected chi connectivity index (χ2v) is 5.75. The van der Waals surface area contributed by atoms with Gasteiger partial charge in [0.25, 0.3) is 0 Å². The van der Waals surface area contributed by atoms with E-state index in [1.54, 1.807) is 11.8 Å². The Bertz CT molecular complexity index is 710. The summed E-state index contributed by atoms with van der Waals surface area (Å²) in [5, 5.41) is 8.81. The van der Waals surface area contributed by atoms with Crippen molar-refractivity contribution in [1.82, 2.24) is 0 Å². The smallest absolute Gasteiger partial charge is 0.162 e. The third kappa shape index (κ3) is 3.06. The lowest BCUT2D eigenvalue weighted by molar-refractivity contribution is 0.171. The average molecular weight is 298 g/mol. The summed E-state index contributed by atoms with van der Waals surface area (Å²) in [6.07, 6.45) is 0.321. The van der Waals surface area contributed by atoms with Crippen LogP contribution in [0.3, 0.4) is 0 Å². The third-order valence-electron chi connectivity index (χ3n) is 3.13. The molecule has 0 unspecified atom stereocenters. The summed E-state index contributed by atoms with van der Waals surface area (Å²) in [5.74, 6) is 1.56. The first-order valence-corrected chi connectivity index (χ1v) is 7.41. The zero-order valence-electron chi connectivity index (χ0n) is 11.3. The van der Waals surface area contributed by atoms with E-state index in [4.69, 9.17) is 20.5 Å². The van der Waals surface area contributed by atoms with E-state index < -0.39 is 0 Å². The first-order valence-electron chi connectivity index (χ1n) is 6.59. The number of nitrogens with two attached hydrogens (primary N) is 1. The normalized spacial score (nSPS) is 12.7.